The van der Waals surface area contributed by atoms with Crippen LogP contribution in [0.25, 0.3) is 0 Å². The highest BCUT2D eigenvalue weighted by Gasteiger charge is 2.49. The van der Waals surface area contributed by atoms with Gasteiger partial charge in [0.25, 0.3) is 5.91 Å². The molecule has 0 bridgehead atoms. The SMILES string of the molecule is Cc1cc(F)ccc1COc1ccc(S(=O)(=O)N2CCC[C@](C)(O)[C@@H]2C(=O)NO)cc1. The Hall–Kier alpha value is -2.53. The van der Waals surface area contributed by atoms with Gasteiger partial charge < -0.3 is 9.84 Å². The van der Waals surface area contributed by atoms with Gasteiger partial charge in [-0.05, 0) is 74.2 Å². The van der Waals surface area contributed by atoms with Crippen molar-refractivity contribution in [1.82, 2.24) is 9.79 Å². The topological polar surface area (TPSA) is 116 Å². The molecule has 0 aliphatic carbocycles. The summed E-state index contributed by atoms with van der Waals surface area (Å²) in [7, 11) is -4.13. The zero-order valence-corrected chi connectivity index (χ0v) is 18.0. The molecular weight excluding hydrogens is 427 g/mol. The number of carbonyl (C=O) groups is 1. The largest absolute Gasteiger partial charge is 0.489 e. The molecule has 2 aromatic carbocycles. The van der Waals surface area contributed by atoms with E-state index in [1.807, 2.05) is 0 Å². The van der Waals surface area contributed by atoms with Crippen molar-refractivity contribution in [2.24, 2.45) is 0 Å². The number of rotatable bonds is 6. The van der Waals surface area contributed by atoms with E-state index in [1.165, 1.54) is 48.8 Å². The molecule has 1 aliphatic rings. The normalized spacial score (nSPS) is 22.2. The van der Waals surface area contributed by atoms with Gasteiger partial charge in [0.05, 0.1) is 10.5 Å². The molecular formula is C21H25FN2O6S. The lowest BCUT2D eigenvalue weighted by Gasteiger charge is -2.42. The van der Waals surface area contributed by atoms with Gasteiger partial charge in [0.15, 0.2) is 0 Å². The van der Waals surface area contributed by atoms with Crippen molar-refractivity contribution in [2.45, 2.75) is 49.8 Å². The van der Waals surface area contributed by atoms with Gasteiger partial charge in [-0.1, -0.05) is 6.07 Å². The van der Waals surface area contributed by atoms with Crippen molar-refractivity contribution in [3.05, 3.63) is 59.4 Å². The van der Waals surface area contributed by atoms with Gasteiger partial charge in [-0.3, -0.25) is 10.0 Å². The van der Waals surface area contributed by atoms with Crippen LogP contribution in [0.1, 0.15) is 30.9 Å². The van der Waals surface area contributed by atoms with Crippen molar-refractivity contribution >= 4 is 15.9 Å². The van der Waals surface area contributed by atoms with Crippen molar-refractivity contribution in [2.75, 3.05) is 6.54 Å². The maximum atomic E-state index is 13.2. The van der Waals surface area contributed by atoms with Gasteiger partial charge in [-0.15, -0.1) is 0 Å². The standard InChI is InChI=1S/C21H25FN2O6S/c1-14-12-16(22)5-4-15(14)13-30-17-6-8-18(9-7-17)31(28,29)24-11-3-10-21(2,26)19(24)20(25)23-27/h4-9,12,19,26-27H,3,10-11,13H2,1-2H3,(H,23,25)/t19-,21-/m0/s1. The number of nitrogens with one attached hydrogen (secondary N) is 1. The summed E-state index contributed by atoms with van der Waals surface area (Å²) in [6, 6.07) is 8.56. The van der Waals surface area contributed by atoms with Gasteiger partial charge in [-0.25, -0.2) is 18.3 Å². The number of benzene rings is 2. The van der Waals surface area contributed by atoms with E-state index in [0.717, 1.165) is 15.4 Å². The second kappa shape index (κ2) is 8.91. The molecule has 168 valence electrons. The molecule has 1 fully saturated rings. The quantitative estimate of drug-likeness (QED) is 0.457. The molecule has 3 rings (SSSR count). The molecule has 0 unspecified atom stereocenters. The summed E-state index contributed by atoms with van der Waals surface area (Å²) < 4.78 is 46.1. The number of sulfonamides is 1. The van der Waals surface area contributed by atoms with E-state index in [2.05, 4.69) is 0 Å². The Balaban J connectivity index is 1.79. The third-order valence-electron chi connectivity index (χ3n) is 5.43. The Morgan fingerprint density at radius 1 is 1.29 bits per heavy atom. The summed E-state index contributed by atoms with van der Waals surface area (Å²) in [6.45, 7) is 3.34. The predicted molar refractivity (Wildman–Crippen MR) is 109 cm³/mol. The number of nitrogens with zero attached hydrogens (tertiary/aromatic N) is 1. The predicted octanol–water partition coefficient (Wildman–Crippen LogP) is 2.12. The first-order chi connectivity index (χ1) is 14.6. The molecule has 0 radical (unpaired) electrons. The molecule has 2 atom stereocenters. The van der Waals surface area contributed by atoms with Gasteiger partial charge >= 0.3 is 0 Å². The third-order valence-corrected chi connectivity index (χ3v) is 7.31. The Morgan fingerprint density at radius 2 is 1.97 bits per heavy atom. The third kappa shape index (κ3) is 4.87. The monoisotopic (exact) mass is 452 g/mol. The number of hydrogen-bond donors (Lipinski definition) is 3. The van der Waals surface area contributed by atoms with Crippen molar-refractivity contribution in [1.29, 1.82) is 0 Å². The maximum Gasteiger partial charge on any atom is 0.264 e. The lowest BCUT2D eigenvalue weighted by atomic mass is 9.87. The van der Waals surface area contributed by atoms with Crippen molar-refractivity contribution in [3.63, 3.8) is 0 Å². The fraction of sp³-hybridized carbons (Fsp3) is 0.381. The first-order valence-electron chi connectivity index (χ1n) is 9.72. The van der Waals surface area contributed by atoms with Crippen LogP contribution in [-0.4, -0.2) is 47.1 Å². The minimum Gasteiger partial charge on any atom is -0.489 e. The molecule has 0 saturated carbocycles. The van der Waals surface area contributed by atoms with Crippen LogP contribution in [0.5, 0.6) is 5.75 Å². The van der Waals surface area contributed by atoms with Crippen LogP contribution in [0, 0.1) is 12.7 Å². The number of amides is 1. The first-order valence-corrected chi connectivity index (χ1v) is 11.2. The summed E-state index contributed by atoms with van der Waals surface area (Å²) in [5.74, 6) is -0.915. The van der Waals surface area contributed by atoms with Crippen LogP contribution in [0.4, 0.5) is 4.39 Å². The average molecular weight is 453 g/mol. The second-order valence-corrected chi connectivity index (χ2v) is 9.68. The van der Waals surface area contributed by atoms with Crippen LogP contribution < -0.4 is 10.2 Å². The lowest BCUT2D eigenvalue weighted by molar-refractivity contribution is -0.144. The fourth-order valence-corrected chi connectivity index (χ4v) is 5.45. The van der Waals surface area contributed by atoms with Crippen LogP contribution >= 0.6 is 0 Å². The Morgan fingerprint density at radius 3 is 2.58 bits per heavy atom. The lowest BCUT2D eigenvalue weighted by Crippen LogP contribution is -2.62. The molecule has 8 nitrogen and oxygen atoms in total. The average Bonchev–Trinajstić information content (AvgIpc) is 2.72. The molecule has 2 aromatic rings. The van der Waals surface area contributed by atoms with E-state index in [-0.39, 0.29) is 30.3 Å². The molecule has 1 saturated heterocycles. The summed E-state index contributed by atoms with van der Waals surface area (Å²) in [5.41, 5.74) is 1.35. The molecule has 10 heteroatoms. The van der Waals surface area contributed by atoms with E-state index in [9.17, 15) is 22.7 Å². The van der Waals surface area contributed by atoms with E-state index < -0.39 is 27.6 Å². The number of ether oxygens (including phenoxy) is 1. The van der Waals surface area contributed by atoms with Gasteiger partial charge in [0, 0.05) is 6.54 Å². The van der Waals surface area contributed by atoms with E-state index >= 15 is 0 Å². The number of halogens is 1. The van der Waals surface area contributed by atoms with Gasteiger partial charge in [0.1, 0.15) is 24.2 Å². The second-order valence-electron chi connectivity index (χ2n) is 7.79. The summed E-state index contributed by atoms with van der Waals surface area (Å²) >= 11 is 0. The number of carbonyl (C=O) groups excluding carboxylic acids is 1. The minimum absolute atomic E-state index is 0.0265. The number of hydrogen-bond acceptors (Lipinski definition) is 6. The summed E-state index contributed by atoms with van der Waals surface area (Å²) in [6.07, 6.45) is 0.576. The molecule has 1 heterocycles. The van der Waals surface area contributed by atoms with Crippen LogP contribution in [-0.2, 0) is 21.4 Å². The maximum absolute atomic E-state index is 13.2. The molecule has 0 spiro atoms. The highest BCUT2D eigenvalue weighted by Crippen LogP contribution is 2.32. The smallest absolute Gasteiger partial charge is 0.264 e. The summed E-state index contributed by atoms with van der Waals surface area (Å²) in [5, 5.41) is 19.6. The van der Waals surface area contributed by atoms with Crippen molar-refractivity contribution < 1.29 is 32.7 Å². The number of aliphatic hydroxyl groups is 1. The zero-order chi connectivity index (χ0) is 22.8. The first kappa shape index (κ1) is 23.1. The summed E-state index contributed by atoms with van der Waals surface area (Å²) in [4.78, 5) is 12.0. The Bertz CT molecular complexity index is 1060. The highest BCUT2D eigenvalue weighted by molar-refractivity contribution is 7.89. The molecule has 1 aliphatic heterocycles. The van der Waals surface area contributed by atoms with E-state index in [0.29, 0.717) is 12.2 Å². The number of hydroxylamine groups is 1. The van der Waals surface area contributed by atoms with Crippen LogP contribution in [0.3, 0.4) is 0 Å². The van der Waals surface area contributed by atoms with E-state index in [1.54, 1.807) is 13.0 Å². The van der Waals surface area contributed by atoms with Crippen LogP contribution in [0.15, 0.2) is 47.4 Å². The molecule has 31 heavy (non-hydrogen) atoms. The highest BCUT2D eigenvalue weighted by atomic mass is 32.2. The minimum atomic E-state index is -4.13. The fourth-order valence-electron chi connectivity index (χ4n) is 3.73. The zero-order valence-electron chi connectivity index (χ0n) is 17.2. The van der Waals surface area contributed by atoms with Crippen LogP contribution in [0.2, 0.25) is 0 Å². The number of aryl methyl sites for hydroxylation is 1. The van der Waals surface area contributed by atoms with Gasteiger partial charge in [-0.2, -0.15) is 4.31 Å². The van der Waals surface area contributed by atoms with Crippen molar-refractivity contribution in [3.8, 4) is 5.75 Å². The Kier molecular flexibility index (Phi) is 6.65. The molecule has 0 aromatic heterocycles. The number of piperidine rings is 1. The molecule has 1 amide bonds. The Labute approximate surface area is 180 Å². The molecule has 3 N–H and O–H groups in total. The van der Waals surface area contributed by atoms with Gasteiger partial charge in [0.2, 0.25) is 10.0 Å². The van der Waals surface area contributed by atoms with E-state index in [4.69, 9.17) is 9.94 Å².